The van der Waals surface area contributed by atoms with Crippen molar-refractivity contribution in [3.8, 4) is 5.88 Å². The van der Waals surface area contributed by atoms with Gasteiger partial charge in [0.05, 0.1) is 11.9 Å². The first-order valence-electron chi connectivity index (χ1n) is 6.58. The number of rotatable bonds is 4. The molecule has 0 spiro atoms. The van der Waals surface area contributed by atoms with Crippen molar-refractivity contribution in [1.82, 2.24) is 15.2 Å². The van der Waals surface area contributed by atoms with E-state index in [0.29, 0.717) is 18.0 Å². The molecule has 0 unspecified atom stereocenters. The first kappa shape index (κ1) is 13.2. The smallest absolute Gasteiger partial charge is 0.260 e. The topological polar surface area (TPSA) is 60.3 Å². The van der Waals surface area contributed by atoms with E-state index >= 15 is 0 Å². The Hall–Kier alpha value is -2.82. The van der Waals surface area contributed by atoms with Crippen molar-refractivity contribution < 1.29 is 4.74 Å². The maximum absolute atomic E-state index is 5.76. The third-order valence-electron chi connectivity index (χ3n) is 2.98. The van der Waals surface area contributed by atoms with E-state index in [1.807, 2.05) is 42.5 Å². The summed E-state index contributed by atoms with van der Waals surface area (Å²) in [5.74, 6) is 0.433. The van der Waals surface area contributed by atoms with Crippen molar-refractivity contribution in [2.75, 3.05) is 7.05 Å². The van der Waals surface area contributed by atoms with Crippen LogP contribution in [-0.2, 0) is 6.61 Å². The first-order chi connectivity index (χ1) is 10.4. The molecule has 21 heavy (non-hydrogen) atoms. The van der Waals surface area contributed by atoms with Crippen molar-refractivity contribution in [3.63, 3.8) is 0 Å². The second-order valence-electron chi connectivity index (χ2n) is 4.49. The maximum atomic E-state index is 5.76. The van der Waals surface area contributed by atoms with Crippen LogP contribution < -0.4 is 4.74 Å². The molecule has 0 aliphatic heterocycles. The summed E-state index contributed by atoms with van der Waals surface area (Å²) < 4.78 is 5.76. The lowest BCUT2D eigenvalue weighted by atomic mass is 10.2. The highest BCUT2D eigenvalue weighted by atomic mass is 16.5. The predicted octanol–water partition coefficient (Wildman–Crippen LogP) is 2.65. The molecule has 0 atom stereocenters. The van der Waals surface area contributed by atoms with Crippen molar-refractivity contribution in [2.24, 2.45) is 4.99 Å². The molecule has 0 saturated heterocycles. The summed E-state index contributed by atoms with van der Waals surface area (Å²) in [4.78, 5) is 8.47. The number of hydrogen-bond acceptors (Lipinski definition) is 5. The highest BCUT2D eigenvalue weighted by Gasteiger charge is 2.07. The summed E-state index contributed by atoms with van der Waals surface area (Å²) in [7, 11) is 1.71. The van der Waals surface area contributed by atoms with Crippen LogP contribution in [0.4, 0.5) is 0 Å². The van der Waals surface area contributed by atoms with Gasteiger partial charge < -0.3 is 4.74 Å². The summed E-state index contributed by atoms with van der Waals surface area (Å²) in [5, 5.41) is 8.89. The SMILES string of the molecule is CN=Cc1ccc2cnnc(OCc3ccccc3)c2n1. The quantitative estimate of drug-likeness (QED) is 0.688. The van der Waals surface area contributed by atoms with Crippen LogP contribution in [0.3, 0.4) is 0 Å². The van der Waals surface area contributed by atoms with Crippen LogP contribution in [0.2, 0.25) is 0 Å². The fourth-order valence-electron chi connectivity index (χ4n) is 1.98. The molecule has 0 bridgehead atoms. The van der Waals surface area contributed by atoms with E-state index in [-0.39, 0.29) is 0 Å². The third kappa shape index (κ3) is 3.02. The fraction of sp³-hybridized carbons (Fsp3) is 0.125. The maximum Gasteiger partial charge on any atom is 0.260 e. The third-order valence-corrected chi connectivity index (χ3v) is 2.98. The van der Waals surface area contributed by atoms with Crippen LogP contribution in [0, 0.1) is 0 Å². The Kier molecular flexibility index (Phi) is 3.82. The van der Waals surface area contributed by atoms with E-state index in [1.54, 1.807) is 19.5 Å². The van der Waals surface area contributed by atoms with Gasteiger partial charge in [0.2, 0.25) is 0 Å². The van der Waals surface area contributed by atoms with Gasteiger partial charge in [0.25, 0.3) is 5.88 Å². The molecule has 0 amide bonds. The zero-order valence-electron chi connectivity index (χ0n) is 11.6. The molecule has 1 aromatic carbocycles. The lowest BCUT2D eigenvalue weighted by molar-refractivity contribution is 0.294. The number of fused-ring (bicyclic) bond motifs is 1. The number of aliphatic imine (C=N–C) groups is 1. The summed E-state index contributed by atoms with van der Waals surface area (Å²) in [6.07, 6.45) is 3.37. The van der Waals surface area contributed by atoms with Crippen LogP contribution >= 0.6 is 0 Å². The van der Waals surface area contributed by atoms with Gasteiger partial charge in [-0.1, -0.05) is 30.3 Å². The molecule has 5 heteroatoms. The monoisotopic (exact) mass is 278 g/mol. The van der Waals surface area contributed by atoms with Crippen LogP contribution in [0.1, 0.15) is 11.3 Å². The van der Waals surface area contributed by atoms with Crippen molar-refractivity contribution in [1.29, 1.82) is 0 Å². The summed E-state index contributed by atoms with van der Waals surface area (Å²) in [5.41, 5.74) is 2.53. The summed E-state index contributed by atoms with van der Waals surface area (Å²) in [6, 6.07) is 13.7. The average molecular weight is 278 g/mol. The Bertz CT molecular complexity index is 772. The lowest BCUT2D eigenvalue weighted by Crippen LogP contribution is -2.01. The van der Waals surface area contributed by atoms with E-state index in [1.165, 1.54) is 0 Å². The fourth-order valence-corrected chi connectivity index (χ4v) is 1.98. The van der Waals surface area contributed by atoms with E-state index in [0.717, 1.165) is 16.6 Å². The molecule has 104 valence electrons. The molecule has 0 aliphatic carbocycles. The predicted molar refractivity (Wildman–Crippen MR) is 81.6 cm³/mol. The minimum Gasteiger partial charge on any atom is -0.470 e. The second-order valence-corrected chi connectivity index (χ2v) is 4.49. The van der Waals surface area contributed by atoms with Crippen molar-refractivity contribution in [3.05, 3.63) is 59.9 Å². The molecular formula is C16H14N4O. The van der Waals surface area contributed by atoms with Crippen LogP contribution in [-0.4, -0.2) is 28.4 Å². The van der Waals surface area contributed by atoms with E-state index in [9.17, 15) is 0 Å². The number of nitrogens with zero attached hydrogens (tertiary/aromatic N) is 4. The molecule has 3 rings (SSSR count). The molecule has 5 nitrogen and oxygen atoms in total. The molecule has 3 aromatic rings. The molecular weight excluding hydrogens is 264 g/mol. The van der Waals surface area contributed by atoms with Crippen molar-refractivity contribution >= 4 is 17.1 Å². The normalized spacial score (nSPS) is 11.1. The standard InChI is InChI=1S/C16H14N4O/c1-17-10-14-8-7-13-9-18-20-16(15(13)19-14)21-11-12-5-3-2-4-6-12/h2-10H,11H2,1H3. The molecule has 0 aliphatic rings. The van der Waals surface area contributed by atoms with Gasteiger partial charge in [-0.25, -0.2) is 4.98 Å². The van der Waals surface area contributed by atoms with Gasteiger partial charge in [-0.15, -0.1) is 5.10 Å². The number of benzene rings is 1. The molecule has 0 N–H and O–H groups in total. The zero-order valence-corrected chi connectivity index (χ0v) is 11.6. The number of pyridine rings is 1. The lowest BCUT2D eigenvalue weighted by Gasteiger charge is -2.07. The average Bonchev–Trinajstić information content (AvgIpc) is 2.54. The largest absolute Gasteiger partial charge is 0.470 e. The van der Waals surface area contributed by atoms with Gasteiger partial charge in [-0.05, 0) is 17.7 Å². The summed E-state index contributed by atoms with van der Waals surface area (Å²) >= 11 is 0. The van der Waals surface area contributed by atoms with E-state index in [2.05, 4.69) is 20.2 Å². The van der Waals surface area contributed by atoms with Crippen LogP contribution in [0.25, 0.3) is 10.9 Å². The Labute approximate surface area is 122 Å². The Morgan fingerprint density at radius 2 is 2.00 bits per heavy atom. The first-order valence-corrected chi connectivity index (χ1v) is 6.58. The van der Waals surface area contributed by atoms with E-state index in [4.69, 9.17) is 4.74 Å². The molecule has 0 fully saturated rings. The Morgan fingerprint density at radius 3 is 2.81 bits per heavy atom. The molecule has 0 saturated carbocycles. The van der Waals surface area contributed by atoms with Gasteiger partial charge in [0.1, 0.15) is 12.1 Å². The zero-order chi connectivity index (χ0) is 14.5. The number of hydrogen-bond donors (Lipinski definition) is 0. The Balaban J connectivity index is 1.92. The molecule has 2 aromatic heterocycles. The highest BCUT2D eigenvalue weighted by molar-refractivity contribution is 5.86. The van der Waals surface area contributed by atoms with Gasteiger partial charge >= 0.3 is 0 Å². The molecule has 2 heterocycles. The van der Waals surface area contributed by atoms with Gasteiger partial charge in [-0.2, -0.15) is 5.10 Å². The summed E-state index contributed by atoms with van der Waals surface area (Å²) in [6.45, 7) is 0.433. The van der Waals surface area contributed by atoms with Crippen molar-refractivity contribution in [2.45, 2.75) is 6.61 Å². The van der Waals surface area contributed by atoms with Crippen LogP contribution in [0.5, 0.6) is 5.88 Å². The van der Waals surface area contributed by atoms with Gasteiger partial charge in [-0.3, -0.25) is 4.99 Å². The Morgan fingerprint density at radius 1 is 1.14 bits per heavy atom. The van der Waals surface area contributed by atoms with Gasteiger partial charge in [0.15, 0.2) is 0 Å². The van der Waals surface area contributed by atoms with Gasteiger partial charge in [0, 0.05) is 18.6 Å². The van der Waals surface area contributed by atoms with Crippen LogP contribution in [0.15, 0.2) is 53.7 Å². The number of aromatic nitrogens is 3. The second kappa shape index (κ2) is 6.09. The number of ether oxygens (including phenoxy) is 1. The highest BCUT2D eigenvalue weighted by Crippen LogP contribution is 2.20. The molecule has 0 radical (unpaired) electrons. The minimum atomic E-state index is 0.433. The van der Waals surface area contributed by atoms with E-state index < -0.39 is 0 Å². The minimum absolute atomic E-state index is 0.433.